The molecule has 0 spiro atoms. The quantitative estimate of drug-likeness (QED) is 0.684. The average Bonchev–Trinajstić information content (AvgIpc) is 2.26. The molecule has 106 valence electrons. The Bertz CT molecular complexity index is 488. The van der Waals surface area contributed by atoms with Gasteiger partial charge in [-0.05, 0) is 6.92 Å². The molecule has 0 aromatic carbocycles. The van der Waals surface area contributed by atoms with Gasteiger partial charge >= 0.3 is 12.1 Å². The maximum absolute atomic E-state index is 12.8. The van der Waals surface area contributed by atoms with Gasteiger partial charge in [0.15, 0.2) is 0 Å². The minimum atomic E-state index is -5.07. The standard InChI is InChI=1S/C10H9F5N2O2/c1-2-19-9(18)5-6(10(13,14)15)4(16)3-17-7(5)8(11)12/h3,8H,2,16H2,1H3. The van der Waals surface area contributed by atoms with Crippen LogP contribution in [0, 0.1) is 0 Å². The van der Waals surface area contributed by atoms with Crippen LogP contribution < -0.4 is 5.73 Å². The van der Waals surface area contributed by atoms with Crippen molar-refractivity contribution in [3.63, 3.8) is 0 Å². The molecule has 0 amide bonds. The number of alkyl halides is 5. The number of carbonyl (C=O) groups excluding carboxylic acids is 1. The van der Waals surface area contributed by atoms with Gasteiger partial charge in [-0.3, -0.25) is 4.98 Å². The fraction of sp³-hybridized carbons (Fsp3) is 0.400. The first-order valence-corrected chi connectivity index (χ1v) is 5.01. The molecule has 0 bridgehead atoms. The second-order valence-corrected chi connectivity index (χ2v) is 3.37. The summed E-state index contributed by atoms with van der Waals surface area (Å²) in [5, 5.41) is 0. The number of ether oxygens (including phenoxy) is 1. The Hall–Kier alpha value is -1.93. The van der Waals surface area contributed by atoms with Crippen molar-refractivity contribution in [2.24, 2.45) is 0 Å². The highest BCUT2D eigenvalue weighted by atomic mass is 19.4. The molecule has 0 radical (unpaired) electrons. The zero-order chi connectivity index (χ0) is 14.8. The van der Waals surface area contributed by atoms with Crippen molar-refractivity contribution in [1.29, 1.82) is 0 Å². The normalized spacial score (nSPS) is 11.7. The molecule has 0 aliphatic heterocycles. The van der Waals surface area contributed by atoms with E-state index in [1.54, 1.807) is 0 Å². The lowest BCUT2D eigenvalue weighted by Crippen LogP contribution is -2.21. The minimum Gasteiger partial charge on any atom is -0.462 e. The van der Waals surface area contributed by atoms with E-state index in [0.29, 0.717) is 6.20 Å². The van der Waals surface area contributed by atoms with E-state index in [9.17, 15) is 26.7 Å². The van der Waals surface area contributed by atoms with Crippen LogP contribution in [0.25, 0.3) is 0 Å². The molecule has 0 aliphatic rings. The number of rotatable bonds is 3. The summed E-state index contributed by atoms with van der Waals surface area (Å²) in [6.45, 7) is 1.06. The number of pyridine rings is 1. The van der Waals surface area contributed by atoms with Crippen LogP contribution in [0.15, 0.2) is 6.20 Å². The van der Waals surface area contributed by atoms with E-state index in [1.165, 1.54) is 6.92 Å². The predicted molar refractivity (Wildman–Crippen MR) is 54.6 cm³/mol. The number of carbonyl (C=O) groups is 1. The van der Waals surface area contributed by atoms with Crippen LogP contribution in [0.3, 0.4) is 0 Å². The number of anilines is 1. The van der Waals surface area contributed by atoms with Crippen molar-refractivity contribution in [2.45, 2.75) is 19.5 Å². The molecule has 1 aromatic rings. The Morgan fingerprint density at radius 3 is 2.47 bits per heavy atom. The van der Waals surface area contributed by atoms with E-state index in [-0.39, 0.29) is 6.61 Å². The number of nitrogens with two attached hydrogens (primary N) is 1. The van der Waals surface area contributed by atoms with Crippen LogP contribution in [-0.2, 0) is 10.9 Å². The summed E-state index contributed by atoms with van der Waals surface area (Å²) in [5.74, 6) is -1.54. The molecule has 0 atom stereocenters. The molecule has 19 heavy (non-hydrogen) atoms. The highest BCUT2D eigenvalue weighted by Crippen LogP contribution is 2.39. The molecular formula is C10H9F5N2O2. The number of aromatic nitrogens is 1. The topological polar surface area (TPSA) is 65.2 Å². The molecule has 0 saturated heterocycles. The van der Waals surface area contributed by atoms with Crippen LogP contribution in [0.2, 0.25) is 0 Å². The van der Waals surface area contributed by atoms with Gasteiger partial charge in [-0.25, -0.2) is 13.6 Å². The largest absolute Gasteiger partial charge is 0.462 e. The second kappa shape index (κ2) is 5.37. The minimum absolute atomic E-state index is 0.270. The van der Waals surface area contributed by atoms with Gasteiger partial charge in [0.25, 0.3) is 6.43 Å². The Labute approximate surface area is 104 Å². The van der Waals surface area contributed by atoms with Gasteiger partial charge in [-0.2, -0.15) is 13.2 Å². The zero-order valence-corrected chi connectivity index (χ0v) is 9.59. The molecule has 0 saturated carbocycles. The summed E-state index contributed by atoms with van der Waals surface area (Å²) in [6, 6.07) is 0. The van der Waals surface area contributed by atoms with Gasteiger partial charge < -0.3 is 10.5 Å². The third-order valence-electron chi connectivity index (χ3n) is 2.11. The molecule has 0 fully saturated rings. The zero-order valence-electron chi connectivity index (χ0n) is 9.59. The van der Waals surface area contributed by atoms with Crippen LogP contribution >= 0.6 is 0 Å². The first-order chi connectivity index (χ1) is 8.70. The number of nitrogens with zero attached hydrogens (tertiary/aromatic N) is 1. The fourth-order valence-corrected chi connectivity index (χ4v) is 1.42. The van der Waals surface area contributed by atoms with E-state index in [2.05, 4.69) is 9.72 Å². The van der Waals surface area contributed by atoms with Crippen molar-refractivity contribution < 1.29 is 31.5 Å². The van der Waals surface area contributed by atoms with Gasteiger partial charge in [-0.15, -0.1) is 0 Å². The summed E-state index contributed by atoms with van der Waals surface area (Å²) >= 11 is 0. The first kappa shape index (κ1) is 15.1. The number of nitrogen functional groups attached to an aromatic ring is 1. The summed E-state index contributed by atoms with van der Waals surface area (Å²) in [4.78, 5) is 14.5. The van der Waals surface area contributed by atoms with Crippen LogP contribution in [-0.4, -0.2) is 17.6 Å². The SMILES string of the molecule is CCOC(=O)c1c(C(F)F)ncc(N)c1C(F)(F)F. The Morgan fingerprint density at radius 1 is 1.47 bits per heavy atom. The number of esters is 1. The monoisotopic (exact) mass is 284 g/mol. The van der Waals surface area contributed by atoms with Gasteiger partial charge in [-0.1, -0.05) is 0 Å². The van der Waals surface area contributed by atoms with E-state index in [1.807, 2.05) is 0 Å². The summed E-state index contributed by atoms with van der Waals surface area (Å²) in [5.41, 5.74) is -0.146. The molecule has 9 heteroatoms. The predicted octanol–water partition coefficient (Wildman–Crippen LogP) is 2.80. The fourth-order valence-electron chi connectivity index (χ4n) is 1.42. The van der Waals surface area contributed by atoms with Crippen molar-refractivity contribution in [3.8, 4) is 0 Å². The molecule has 1 aromatic heterocycles. The first-order valence-electron chi connectivity index (χ1n) is 5.01. The molecule has 0 aliphatic carbocycles. The van der Waals surface area contributed by atoms with E-state index >= 15 is 0 Å². The third kappa shape index (κ3) is 3.09. The van der Waals surface area contributed by atoms with Gasteiger partial charge in [0.1, 0.15) is 11.3 Å². The molecular weight excluding hydrogens is 275 g/mol. The van der Waals surface area contributed by atoms with Crippen molar-refractivity contribution in [3.05, 3.63) is 23.0 Å². The van der Waals surface area contributed by atoms with E-state index in [0.717, 1.165) is 0 Å². The van der Waals surface area contributed by atoms with Gasteiger partial charge in [0, 0.05) is 0 Å². The van der Waals surface area contributed by atoms with E-state index in [4.69, 9.17) is 5.73 Å². The Morgan fingerprint density at radius 2 is 2.05 bits per heavy atom. The van der Waals surface area contributed by atoms with Crippen molar-refractivity contribution in [1.82, 2.24) is 4.98 Å². The van der Waals surface area contributed by atoms with Crippen LogP contribution in [0.1, 0.15) is 35.0 Å². The molecule has 4 nitrogen and oxygen atoms in total. The molecule has 1 rings (SSSR count). The van der Waals surface area contributed by atoms with Crippen LogP contribution in [0.5, 0.6) is 0 Å². The third-order valence-corrected chi connectivity index (χ3v) is 2.11. The number of hydrogen-bond acceptors (Lipinski definition) is 4. The highest BCUT2D eigenvalue weighted by molar-refractivity contribution is 5.94. The second-order valence-electron chi connectivity index (χ2n) is 3.37. The van der Waals surface area contributed by atoms with Gasteiger partial charge in [0.05, 0.1) is 24.1 Å². The Kier molecular flexibility index (Phi) is 4.28. The molecule has 1 heterocycles. The lowest BCUT2D eigenvalue weighted by atomic mass is 10.0. The average molecular weight is 284 g/mol. The summed E-state index contributed by atoms with van der Waals surface area (Å²) < 4.78 is 68.0. The number of hydrogen-bond donors (Lipinski definition) is 1. The summed E-state index contributed by atoms with van der Waals surface area (Å²) in [7, 11) is 0. The smallest absolute Gasteiger partial charge is 0.419 e. The Balaban J connectivity index is 3.60. The van der Waals surface area contributed by atoms with Crippen molar-refractivity contribution in [2.75, 3.05) is 12.3 Å². The highest BCUT2D eigenvalue weighted by Gasteiger charge is 2.41. The molecule has 0 unspecified atom stereocenters. The van der Waals surface area contributed by atoms with E-state index < -0.39 is 41.1 Å². The lowest BCUT2D eigenvalue weighted by molar-refractivity contribution is -0.137. The lowest BCUT2D eigenvalue weighted by Gasteiger charge is -2.16. The molecule has 2 N–H and O–H groups in total. The van der Waals surface area contributed by atoms with Crippen molar-refractivity contribution >= 4 is 11.7 Å². The van der Waals surface area contributed by atoms with Gasteiger partial charge in [0.2, 0.25) is 0 Å². The maximum atomic E-state index is 12.8. The maximum Gasteiger partial charge on any atom is 0.419 e. The number of halogens is 5. The summed E-state index contributed by atoms with van der Waals surface area (Å²) in [6.07, 6.45) is -7.99. The van der Waals surface area contributed by atoms with Crippen LogP contribution in [0.4, 0.5) is 27.6 Å².